The molecule has 8 rings (SSSR count). The third-order valence-corrected chi connectivity index (χ3v) is 8.02. The van der Waals surface area contributed by atoms with Crippen LogP contribution in [0.15, 0.2) is 115 Å². The number of imidazole rings is 1. The first kappa shape index (κ1) is 21.3. The molecule has 1 aliphatic carbocycles. The van der Waals surface area contributed by atoms with Crippen molar-refractivity contribution in [1.29, 1.82) is 0 Å². The van der Waals surface area contributed by atoms with Crippen molar-refractivity contribution in [3.63, 3.8) is 0 Å². The van der Waals surface area contributed by atoms with Crippen molar-refractivity contribution >= 4 is 48.9 Å². The molecule has 0 bridgehead atoms. The molecule has 5 aromatic carbocycles. The Morgan fingerprint density at radius 1 is 0.711 bits per heavy atom. The largest absolute Gasteiger partial charge is 0.277 e. The molecule has 3 heteroatoms. The van der Waals surface area contributed by atoms with E-state index < -0.39 is 0 Å². The number of hydrogen-bond donors (Lipinski definition) is 0. The van der Waals surface area contributed by atoms with Crippen LogP contribution in [0.3, 0.4) is 0 Å². The lowest BCUT2D eigenvalue weighted by atomic mass is 9.91. The number of pyridine rings is 1. The van der Waals surface area contributed by atoms with Crippen LogP contribution in [0.4, 0.5) is 0 Å². The minimum absolute atomic E-state index is 0.399. The van der Waals surface area contributed by atoms with Gasteiger partial charge in [0.25, 0.3) is 0 Å². The summed E-state index contributed by atoms with van der Waals surface area (Å²) in [7, 11) is 0. The van der Waals surface area contributed by atoms with E-state index in [0.717, 1.165) is 40.4 Å². The van der Waals surface area contributed by atoms with E-state index in [0.29, 0.717) is 5.92 Å². The van der Waals surface area contributed by atoms with Crippen LogP contribution in [0.2, 0.25) is 0 Å². The fraction of sp³-hybridized carbons (Fsp3) is 0.0857. The number of hydrogen-bond acceptors (Lipinski definition) is 2. The first-order valence-electron chi connectivity index (χ1n) is 13.3. The van der Waals surface area contributed by atoms with Gasteiger partial charge in [0.15, 0.2) is 0 Å². The van der Waals surface area contributed by atoms with Gasteiger partial charge in [-0.2, -0.15) is 0 Å². The van der Waals surface area contributed by atoms with E-state index in [4.69, 9.17) is 9.97 Å². The molecular weight excluding hydrogens is 462 g/mol. The molecule has 0 aliphatic heterocycles. The van der Waals surface area contributed by atoms with E-state index >= 15 is 0 Å². The Morgan fingerprint density at radius 2 is 1.47 bits per heavy atom. The van der Waals surface area contributed by atoms with E-state index in [1.807, 2.05) is 0 Å². The van der Waals surface area contributed by atoms with Crippen LogP contribution in [0, 0.1) is 5.92 Å². The van der Waals surface area contributed by atoms with E-state index in [9.17, 15) is 0 Å². The van der Waals surface area contributed by atoms with Gasteiger partial charge in [-0.3, -0.25) is 4.57 Å². The topological polar surface area (TPSA) is 30.7 Å². The van der Waals surface area contributed by atoms with Crippen molar-refractivity contribution < 1.29 is 0 Å². The van der Waals surface area contributed by atoms with Crippen molar-refractivity contribution in [3.8, 4) is 17.1 Å². The maximum absolute atomic E-state index is 5.28. The van der Waals surface area contributed by atoms with Crippen LogP contribution in [0.5, 0.6) is 0 Å². The minimum Gasteiger partial charge on any atom is -0.277 e. The molecular formula is C35H25N3. The fourth-order valence-electron chi connectivity index (χ4n) is 6.15. The molecule has 0 saturated carbocycles. The Morgan fingerprint density at radius 3 is 2.34 bits per heavy atom. The maximum Gasteiger partial charge on any atom is 0.143 e. The summed E-state index contributed by atoms with van der Waals surface area (Å²) in [5.74, 6) is 2.26. The Labute approximate surface area is 220 Å². The first-order chi connectivity index (χ1) is 18.8. The minimum atomic E-state index is 0.399. The SMILES string of the molecule is CC1CC=CC=C1c1nc2ccccc2n1-c1cccc(-c2ccc3ccc4cccc5ccc2c3c45)n1. The predicted molar refractivity (Wildman–Crippen MR) is 159 cm³/mol. The van der Waals surface area contributed by atoms with Gasteiger partial charge in [0.2, 0.25) is 0 Å². The summed E-state index contributed by atoms with van der Waals surface area (Å²) in [5, 5.41) is 7.69. The molecule has 2 heterocycles. The van der Waals surface area contributed by atoms with Crippen LogP contribution < -0.4 is 0 Å². The van der Waals surface area contributed by atoms with Gasteiger partial charge in [0, 0.05) is 5.56 Å². The van der Waals surface area contributed by atoms with Gasteiger partial charge >= 0.3 is 0 Å². The lowest BCUT2D eigenvalue weighted by Crippen LogP contribution is -2.09. The van der Waals surface area contributed by atoms with Gasteiger partial charge in [0.1, 0.15) is 11.6 Å². The monoisotopic (exact) mass is 487 g/mol. The molecule has 1 atom stereocenters. The van der Waals surface area contributed by atoms with Gasteiger partial charge in [-0.25, -0.2) is 9.97 Å². The number of allylic oxidation sites excluding steroid dienone is 4. The molecule has 38 heavy (non-hydrogen) atoms. The average molecular weight is 488 g/mol. The van der Waals surface area contributed by atoms with E-state index in [1.54, 1.807) is 0 Å². The lowest BCUT2D eigenvalue weighted by molar-refractivity contribution is 0.745. The second-order valence-corrected chi connectivity index (χ2v) is 10.3. The van der Waals surface area contributed by atoms with E-state index in [-0.39, 0.29) is 0 Å². The van der Waals surface area contributed by atoms with Crippen LogP contribution in [0.1, 0.15) is 19.2 Å². The summed E-state index contributed by atoms with van der Waals surface area (Å²) >= 11 is 0. The highest BCUT2D eigenvalue weighted by Crippen LogP contribution is 2.39. The average Bonchev–Trinajstić information content (AvgIpc) is 3.35. The highest BCUT2D eigenvalue weighted by Gasteiger charge is 2.22. The number of fused-ring (bicyclic) bond motifs is 1. The van der Waals surface area contributed by atoms with Crippen molar-refractivity contribution in [2.75, 3.05) is 0 Å². The third kappa shape index (κ3) is 3.08. The zero-order valence-electron chi connectivity index (χ0n) is 21.1. The molecule has 7 aromatic rings. The molecule has 1 unspecified atom stereocenters. The van der Waals surface area contributed by atoms with Crippen LogP contribution in [-0.4, -0.2) is 14.5 Å². The summed E-state index contributed by atoms with van der Waals surface area (Å²) in [4.78, 5) is 10.4. The number of para-hydroxylation sites is 2. The first-order valence-corrected chi connectivity index (χ1v) is 13.3. The normalized spacial score (nSPS) is 15.7. The number of rotatable bonds is 3. The lowest BCUT2D eigenvalue weighted by Gasteiger charge is -2.19. The van der Waals surface area contributed by atoms with Crippen molar-refractivity contribution in [3.05, 3.63) is 121 Å². The molecule has 0 radical (unpaired) electrons. The second kappa shape index (κ2) is 8.12. The van der Waals surface area contributed by atoms with Crippen molar-refractivity contribution in [2.45, 2.75) is 13.3 Å². The summed E-state index contributed by atoms with van der Waals surface area (Å²) in [6, 6.07) is 34.6. The molecule has 0 spiro atoms. The standard InChI is InChI=1S/C35H25N3/c1-22-8-2-3-11-26(22)35-37-30-12-4-5-14-31(30)38(35)32-15-7-13-29(36-32)27-20-18-25-17-16-23-9-6-10-24-19-21-28(27)34(25)33(23)24/h2-7,9-22H,8H2,1H3. The van der Waals surface area contributed by atoms with Gasteiger partial charge in [-0.1, -0.05) is 97.9 Å². The predicted octanol–water partition coefficient (Wildman–Crippen LogP) is 8.96. The van der Waals surface area contributed by atoms with Gasteiger partial charge in [0.05, 0.1) is 16.7 Å². The van der Waals surface area contributed by atoms with Crippen LogP contribution >= 0.6 is 0 Å². The Kier molecular flexibility index (Phi) is 4.56. The highest BCUT2D eigenvalue weighted by atomic mass is 15.1. The molecule has 2 aromatic heterocycles. The molecule has 0 N–H and O–H groups in total. The number of benzene rings is 5. The Balaban J connectivity index is 1.37. The smallest absolute Gasteiger partial charge is 0.143 e. The molecule has 3 nitrogen and oxygen atoms in total. The highest BCUT2D eigenvalue weighted by molar-refractivity contribution is 6.25. The van der Waals surface area contributed by atoms with Crippen molar-refractivity contribution in [2.24, 2.45) is 5.92 Å². The van der Waals surface area contributed by atoms with Gasteiger partial charge < -0.3 is 0 Å². The molecule has 1 aliphatic rings. The van der Waals surface area contributed by atoms with Crippen LogP contribution in [0.25, 0.3) is 66.0 Å². The molecule has 180 valence electrons. The molecule has 0 amide bonds. The van der Waals surface area contributed by atoms with Crippen LogP contribution in [-0.2, 0) is 0 Å². The van der Waals surface area contributed by atoms with Crippen molar-refractivity contribution in [1.82, 2.24) is 14.5 Å². The zero-order valence-corrected chi connectivity index (χ0v) is 21.1. The third-order valence-electron chi connectivity index (χ3n) is 8.02. The zero-order chi connectivity index (χ0) is 25.2. The van der Waals surface area contributed by atoms with E-state index in [2.05, 4.69) is 127 Å². The summed E-state index contributed by atoms with van der Waals surface area (Å²) in [5.41, 5.74) is 5.43. The maximum atomic E-state index is 5.28. The summed E-state index contributed by atoms with van der Waals surface area (Å²) in [6.07, 6.45) is 7.60. The second-order valence-electron chi connectivity index (χ2n) is 10.3. The molecule has 0 fully saturated rings. The van der Waals surface area contributed by atoms with Gasteiger partial charge in [-0.05, 0) is 74.5 Å². The molecule has 0 saturated heterocycles. The van der Waals surface area contributed by atoms with E-state index in [1.165, 1.54) is 37.9 Å². The summed E-state index contributed by atoms with van der Waals surface area (Å²) in [6.45, 7) is 2.27. The Bertz CT molecular complexity index is 2060. The quantitative estimate of drug-likeness (QED) is 0.233. The van der Waals surface area contributed by atoms with Gasteiger partial charge in [-0.15, -0.1) is 0 Å². The fourth-order valence-corrected chi connectivity index (χ4v) is 6.15. The number of aromatic nitrogens is 3. The summed E-state index contributed by atoms with van der Waals surface area (Å²) < 4.78 is 2.23. The Hall–Kier alpha value is -4.76. The number of nitrogens with zero attached hydrogens (tertiary/aromatic N) is 3.